The Labute approximate surface area is 286 Å². The third-order valence-electron chi connectivity index (χ3n) is 21.7. The van der Waals surface area contributed by atoms with Gasteiger partial charge in [-0.2, -0.15) is 0 Å². The quantitative estimate of drug-likeness (QED) is 0.0894. The van der Waals surface area contributed by atoms with Gasteiger partial charge in [0.05, 0.1) is 0 Å². The second kappa shape index (κ2) is 5.98. The van der Waals surface area contributed by atoms with Crippen molar-refractivity contribution in [2.45, 2.75) is 205 Å². The van der Waals surface area contributed by atoms with Crippen LogP contribution in [-0.4, -0.2) is 4.13 Å². The Morgan fingerprint density at radius 3 is 1.06 bits per heavy atom. The Morgan fingerprint density at radius 1 is 0.438 bits per heavy atom. The van der Waals surface area contributed by atoms with Crippen molar-refractivity contribution in [3.8, 4) is 0 Å². The molecule has 0 amide bonds. The van der Waals surface area contributed by atoms with Crippen LogP contribution in [0.1, 0.15) is 152 Å². The molecule has 1 spiro atoms. The summed E-state index contributed by atoms with van der Waals surface area (Å²) in [5.41, 5.74) is 11.1. The number of benzene rings is 2. The van der Waals surface area contributed by atoms with Gasteiger partial charge in [0.2, 0.25) is 0 Å². The molecule has 0 bridgehead atoms. The fraction of sp³-hybridized carbons (Fsp3) is 0.739. The van der Waals surface area contributed by atoms with Crippen LogP contribution in [0.5, 0.6) is 0 Å². The number of hydrogen-bond acceptors (Lipinski definition) is 0. The summed E-state index contributed by atoms with van der Waals surface area (Å²) < 4.78 is 0.900. The second-order valence-corrected chi connectivity index (χ2v) is 44.0. The molecule has 48 heavy (non-hydrogen) atoms. The summed E-state index contributed by atoms with van der Waals surface area (Å²) in [5, 5.41) is 3.99. The van der Waals surface area contributed by atoms with E-state index in [2.05, 4.69) is 65.8 Å². The van der Waals surface area contributed by atoms with E-state index in [9.17, 15) is 0 Å². The van der Waals surface area contributed by atoms with E-state index in [1.807, 2.05) is 32.9 Å². The molecule has 0 radical (unpaired) electrons. The van der Waals surface area contributed by atoms with Crippen LogP contribution in [0.15, 0.2) is 24.3 Å². The first-order valence-corrected chi connectivity index (χ1v) is 28.4. The maximum absolute atomic E-state index is 3.23. The Balaban J connectivity index is 1.10. The summed E-state index contributed by atoms with van der Waals surface area (Å²) >= 11 is 0. The zero-order chi connectivity index (χ0) is 32.8. The van der Waals surface area contributed by atoms with Crippen molar-refractivity contribution in [1.82, 2.24) is 0 Å². The van der Waals surface area contributed by atoms with Crippen LogP contribution in [-0.2, 0) is 44.8 Å². The third-order valence-corrected chi connectivity index (χ3v) is 66.3. The van der Waals surface area contributed by atoms with Crippen molar-refractivity contribution in [2.24, 2.45) is 0 Å². The van der Waals surface area contributed by atoms with Crippen LogP contribution in [0.3, 0.4) is 0 Å². The summed E-state index contributed by atoms with van der Waals surface area (Å²) in [5.74, 6) is 0. The van der Waals surface area contributed by atoms with Crippen molar-refractivity contribution in [2.75, 3.05) is 0 Å². The fourth-order valence-corrected chi connectivity index (χ4v) is 98.0. The van der Waals surface area contributed by atoms with E-state index in [0.717, 1.165) is 4.13 Å². The molecule has 10 heterocycles. The van der Waals surface area contributed by atoms with Gasteiger partial charge in [0, 0.05) is 0 Å². The van der Waals surface area contributed by atoms with Gasteiger partial charge in [0.25, 0.3) is 0 Å². The second-order valence-electron chi connectivity index (χ2n) is 20.2. The van der Waals surface area contributed by atoms with Gasteiger partial charge in [-0.15, -0.1) is 0 Å². The molecule has 0 nitrogen and oxygen atoms in total. The van der Waals surface area contributed by atoms with Crippen LogP contribution in [0.2, 0.25) is 44.0 Å². The summed E-state index contributed by atoms with van der Waals surface area (Å²) in [6.45, 7) is 14.6. The van der Waals surface area contributed by atoms with E-state index in [4.69, 9.17) is 0 Å². The van der Waals surface area contributed by atoms with Crippen molar-refractivity contribution < 1.29 is 6.23 Å². The van der Waals surface area contributed by atoms with E-state index >= 15 is 0 Å². The predicted octanol–water partition coefficient (Wildman–Crippen LogP) is 13.5. The minimum absolute atomic E-state index is 0.262. The van der Waals surface area contributed by atoms with Gasteiger partial charge in [-0.05, 0) is 0 Å². The molecule has 10 aliphatic heterocycles. The molecule has 266 valence electrons. The van der Waals surface area contributed by atoms with Crippen molar-refractivity contribution >= 4 is 18.5 Å². The van der Waals surface area contributed by atoms with Gasteiger partial charge in [-0.3, -0.25) is 0 Å². The molecule has 0 saturated carbocycles. The van der Waals surface area contributed by atoms with E-state index in [1.54, 1.807) is 11.1 Å². The zero-order valence-electron chi connectivity index (χ0n) is 31.5. The van der Waals surface area contributed by atoms with Gasteiger partial charge in [-0.25, -0.2) is 0 Å². The van der Waals surface area contributed by atoms with Gasteiger partial charge in [0.15, 0.2) is 0 Å². The van der Waals surface area contributed by atoms with Gasteiger partial charge < -0.3 is 0 Å². The number of unbranched alkanes of at least 4 members (excludes halogenated alkanes) is 6. The average molecular weight is 710 g/mol. The van der Waals surface area contributed by atoms with Crippen LogP contribution < -0.4 is 10.6 Å². The SMILES string of the molecule is CCCCc1ccc(P(c2ccc(CCCC)c(CCCC)c2CCCC)[C]23[CH]4[CH]5[CH]6[CH]2[Ni]56432789[CH]3[CH]2[CH]7[CH]8[CH]39)c(CCCC)c1CCCC. The Morgan fingerprint density at radius 2 is 0.771 bits per heavy atom. The van der Waals surface area contributed by atoms with Gasteiger partial charge >= 0.3 is 288 Å². The van der Waals surface area contributed by atoms with E-state index in [1.165, 1.54) is 160 Å². The standard InChI is InChI=1S/C41H62P.C5H5.Ni/c1-7-13-21-33-29-31-40(38(27-17-11-5)36(33)25-15-9-3)42(35-23-19-20-24-35)41-32-30-34(22-14-8-2)37(26-16-10-4)39(41)28-18-12-6;1-2-4-5-3-1;/h19-20,23-24,29-32H,7-18,21-22,25-28H2,1-6H3;1-5H;. The van der Waals surface area contributed by atoms with Crippen LogP contribution >= 0.6 is 7.92 Å². The molecular formula is C46H67NiP. The van der Waals surface area contributed by atoms with Crippen LogP contribution in [0.25, 0.3) is 0 Å². The summed E-state index contributed by atoms with van der Waals surface area (Å²) in [4.78, 5) is 12.5. The first-order chi connectivity index (χ1) is 23.3. The van der Waals surface area contributed by atoms with Gasteiger partial charge in [-0.1, -0.05) is 0 Å². The maximum atomic E-state index is 2.88. The fourth-order valence-electron chi connectivity index (χ4n) is 21.0. The zero-order valence-corrected chi connectivity index (χ0v) is 33.4. The third kappa shape index (κ3) is 1.10. The minimum atomic E-state index is -3.23. The summed E-state index contributed by atoms with van der Waals surface area (Å²) in [7, 11) is -0.262. The molecule has 0 aliphatic carbocycles. The predicted molar refractivity (Wildman–Crippen MR) is 207 cm³/mol. The molecule has 2 aromatic rings. The molecule has 12 rings (SSSR count). The normalized spacial score (nSPS) is 50.0. The first-order valence-electron chi connectivity index (χ1n) is 21.4. The van der Waals surface area contributed by atoms with E-state index < -0.39 is 6.23 Å². The number of hydrogen-bond donors (Lipinski definition) is 0. The molecule has 4 atom stereocenters. The molecule has 2 aromatic carbocycles. The molecule has 10 fully saturated rings. The Kier molecular flexibility index (Phi) is 3.72. The van der Waals surface area contributed by atoms with E-state index in [-0.39, 0.29) is 7.92 Å². The summed E-state index contributed by atoms with van der Waals surface area (Å²) in [6, 6.07) is 11.3. The molecular weight excluding hydrogens is 642 g/mol. The van der Waals surface area contributed by atoms with Gasteiger partial charge in [0.1, 0.15) is 0 Å². The van der Waals surface area contributed by atoms with E-state index in [0.29, 0.717) is 0 Å². The first kappa shape index (κ1) is 29.9. The van der Waals surface area contributed by atoms with Crippen LogP contribution in [0, 0.1) is 0 Å². The summed E-state index contributed by atoms with van der Waals surface area (Å²) in [6.07, 6.45) is 20.9. The molecule has 10 saturated heterocycles. The van der Waals surface area contributed by atoms with Crippen molar-refractivity contribution in [3.63, 3.8) is 0 Å². The molecule has 10 aliphatic rings. The molecule has 0 aromatic heterocycles. The number of rotatable bonds is 21. The van der Waals surface area contributed by atoms with Crippen molar-refractivity contribution in [3.05, 3.63) is 57.6 Å². The average Bonchev–Trinajstić information content (AvgIpc) is 4.05. The topological polar surface area (TPSA) is 0 Å². The Bertz CT molecular complexity index is 1910. The van der Waals surface area contributed by atoms with Crippen molar-refractivity contribution in [1.29, 1.82) is 0 Å². The number of fused-ring (bicyclic) bond motifs is 10. The monoisotopic (exact) mass is 708 g/mol. The van der Waals surface area contributed by atoms with Crippen LogP contribution in [0.4, 0.5) is 0 Å². The molecule has 4 unspecified atom stereocenters. The Hall–Kier alpha value is -0.636. The molecule has 2 heteroatoms. The molecule has 0 N–H and O–H groups in total. The number of aryl methyl sites for hydroxylation is 2.